The van der Waals surface area contributed by atoms with Gasteiger partial charge in [-0.15, -0.1) is 11.3 Å². The number of thiophene rings is 1. The molecule has 0 saturated heterocycles. The fourth-order valence-electron chi connectivity index (χ4n) is 1.54. The Morgan fingerprint density at radius 1 is 1.12 bits per heavy atom. The highest BCUT2D eigenvalue weighted by Gasteiger charge is 2.02. The van der Waals surface area contributed by atoms with Crippen molar-refractivity contribution in [2.75, 3.05) is 0 Å². The molecule has 17 heavy (non-hydrogen) atoms. The Kier molecular flexibility index (Phi) is 4.79. The van der Waals surface area contributed by atoms with Crippen molar-refractivity contribution in [3.63, 3.8) is 0 Å². The minimum absolute atomic E-state index is 0.905. The average molecular weight is 375 g/mol. The number of rotatable bonds is 4. The van der Waals surface area contributed by atoms with E-state index in [0.29, 0.717) is 0 Å². The molecule has 1 aromatic heterocycles. The quantitative estimate of drug-likeness (QED) is 0.804. The van der Waals surface area contributed by atoms with Crippen molar-refractivity contribution in [2.24, 2.45) is 0 Å². The van der Waals surface area contributed by atoms with Gasteiger partial charge in [0.05, 0.1) is 0 Å². The summed E-state index contributed by atoms with van der Waals surface area (Å²) in [7, 11) is 0. The fraction of sp³-hybridized carbons (Fsp3) is 0.231. The van der Waals surface area contributed by atoms with Crippen molar-refractivity contribution in [2.45, 2.75) is 20.0 Å². The molecule has 1 heterocycles. The van der Waals surface area contributed by atoms with Gasteiger partial charge in [0.2, 0.25) is 0 Å². The van der Waals surface area contributed by atoms with Crippen LogP contribution in [0, 0.1) is 6.92 Å². The normalized spacial score (nSPS) is 10.8. The zero-order valence-corrected chi connectivity index (χ0v) is 13.5. The van der Waals surface area contributed by atoms with Crippen molar-refractivity contribution in [3.8, 4) is 0 Å². The molecule has 0 amide bonds. The summed E-state index contributed by atoms with van der Waals surface area (Å²) >= 11 is 8.81. The molecule has 2 rings (SSSR count). The molecule has 0 radical (unpaired) electrons. The van der Waals surface area contributed by atoms with Crippen LogP contribution in [0.25, 0.3) is 0 Å². The van der Waals surface area contributed by atoms with Gasteiger partial charge < -0.3 is 5.32 Å². The number of nitrogens with one attached hydrogen (secondary N) is 1. The van der Waals surface area contributed by atoms with Crippen molar-refractivity contribution in [1.29, 1.82) is 0 Å². The second kappa shape index (κ2) is 6.14. The van der Waals surface area contributed by atoms with Crippen molar-refractivity contribution < 1.29 is 0 Å². The summed E-state index contributed by atoms with van der Waals surface area (Å²) in [6.07, 6.45) is 0. The summed E-state index contributed by atoms with van der Waals surface area (Å²) in [5.74, 6) is 0. The van der Waals surface area contributed by atoms with Gasteiger partial charge >= 0.3 is 0 Å². The first kappa shape index (κ1) is 13.3. The van der Waals surface area contributed by atoms with E-state index in [4.69, 9.17) is 0 Å². The van der Waals surface area contributed by atoms with Crippen LogP contribution in [0.2, 0.25) is 0 Å². The lowest BCUT2D eigenvalue weighted by atomic mass is 10.2. The maximum absolute atomic E-state index is 3.54. The Labute approximate surface area is 123 Å². The van der Waals surface area contributed by atoms with Crippen LogP contribution in [-0.4, -0.2) is 0 Å². The summed E-state index contributed by atoms with van der Waals surface area (Å²) in [6.45, 7) is 3.96. The Morgan fingerprint density at radius 3 is 2.41 bits per heavy atom. The number of hydrogen-bond donors (Lipinski definition) is 1. The minimum atomic E-state index is 0.905. The zero-order valence-electron chi connectivity index (χ0n) is 9.47. The molecular weight excluding hydrogens is 362 g/mol. The number of hydrogen-bond acceptors (Lipinski definition) is 2. The molecule has 4 heteroatoms. The second-order valence-electron chi connectivity index (χ2n) is 3.85. The van der Waals surface area contributed by atoms with Crippen LogP contribution < -0.4 is 5.32 Å². The van der Waals surface area contributed by atoms with E-state index in [1.165, 1.54) is 19.8 Å². The van der Waals surface area contributed by atoms with E-state index < -0.39 is 0 Å². The smallest absolute Gasteiger partial charge is 0.0314 e. The van der Waals surface area contributed by atoms with Crippen molar-refractivity contribution in [1.82, 2.24) is 5.32 Å². The molecule has 0 aliphatic heterocycles. The van der Waals surface area contributed by atoms with E-state index in [-0.39, 0.29) is 0 Å². The highest BCUT2D eigenvalue weighted by molar-refractivity contribution is 9.10. The van der Waals surface area contributed by atoms with Gasteiger partial charge in [0, 0.05) is 31.8 Å². The monoisotopic (exact) mass is 373 g/mol. The van der Waals surface area contributed by atoms with Gasteiger partial charge in [0.15, 0.2) is 0 Å². The third kappa shape index (κ3) is 3.91. The molecule has 0 aliphatic rings. The second-order valence-corrected chi connectivity index (χ2v) is 6.96. The van der Waals surface area contributed by atoms with Gasteiger partial charge in [-0.05, 0) is 46.6 Å². The van der Waals surface area contributed by atoms with E-state index in [1.807, 2.05) is 11.3 Å². The average Bonchev–Trinajstić information content (AvgIpc) is 2.61. The SMILES string of the molecule is Cc1sc(CNCc2ccc(Br)cc2)cc1Br. The lowest BCUT2D eigenvalue weighted by molar-refractivity contribution is 0.701. The van der Waals surface area contributed by atoms with Gasteiger partial charge in [-0.25, -0.2) is 0 Å². The van der Waals surface area contributed by atoms with Gasteiger partial charge in [0.1, 0.15) is 0 Å². The van der Waals surface area contributed by atoms with E-state index in [9.17, 15) is 0 Å². The van der Waals surface area contributed by atoms with Crippen LogP contribution in [0.15, 0.2) is 39.3 Å². The molecule has 0 unspecified atom stereocenters. The van der Waals surface area contributed by atoms with E-state index in [0.717, 1.165) is 17.6 Å². The Bertz CT molecular complexity index is 471. The topological polar surface area (TPSA) is 12.0 Å². The van der Waals surface area contributed by atoms with Crippen LogP contribution in [0.4, 0.5) is 0 Å². The first-order valence-electron chi connectivity index (χ1n) is 5.35. The summed E-state index contributed by atoms with van der Waals surface area (Å²) in [5, 5.41) is 3.45. The third-order valence-corrected chi connectivity index (χ3v) is 5.12. The molecule has 1 nitrogen and oxygen atoms in total. The Hall–Kier alpha value is -0.160. The maximum atomic E-state index is 3.54. The predicted molar refractivity (Wildman–Crippen MR) is 81.4 cm³/mol. The van der Waals surface area contributed by atoms with E-state index in [1.54, 1.807) is 0 Å². The first-order chi connectivity index (χ1) is 8.15. The van der Waals surface area contributed by atoms with Crippen LogP contribution in [0.3, 0.4) is 0 Å². The van der Waals surface area contributed by atoms with Crippen molar-refractivity contribution in [3.05, 3.63) is 54.6 Å². The summed E-state index contributed by atoms with van der Waals surface area (Å²) in [6, 6.07) is 10.6. The van der Waals surface area contributed by atoms with Crippen molar-refractivity contribution >= 4 is 43.2 Å². The number of aryl methyl sites for hydroxylation is 1. The molecule has 0 bridgehead atoms. The highest BCUT2D eigenvalue weighted by atomic mass is 79.9. The molecule has 90 valence electrons. The minimum Gasteiger partial charge on any atom is -0.308 e. The van der Waals surface area contributed by atoms with Gasteiger partial charge in [-0.2, -0.15) is 0 Å². The molecule has 0 saturated carbocycles. The van der Waals surface area contributed by atoms with Crippen LogP contribution in [0.1, 0.15) is 15.3 Å². The molecular formula is C13H13Br2NS. The molecule has 0 atom stereocenters. The molecule has 0 fully saturated rings. The largest absolute Gasteiger partial charge is 0.308 e. The van der Waals surface area contributed by atoms with Gasteiger partial charge in [-0.3, -0.25) is 0 Å². The van der Waals surface area contributed by atoms with Crippen LogP contribution in [-0.2, 0) is 13.1 Å². The van der Waals surface area contributed by atoms with E-state index >= 15 is 0 Å². The zero-order chi connectivity index (χ0) is 12.3. The van der Waals surface area contributed by atoms with E-state index in [2.05, 4.69) is 74.4 Å². The standard InChI is InChI=1S/C13H13Br2NS/c1-9-13(15)6-12(17-9)8-16-7-10-2-4-11(14)5-3-10/h2-6,16H,7-8H2,1H3. The highest BCUT2D eigenvalue weighted by Crippen LogP contribution is 2.26. The third-order valence-electron chi connectivity index (χ3n) is 2.45. The summed E-state index contributed by atoms with van der Waals surface area (Å²) < 4.78 is 2.34. The summed E-state index contributed by atoms with van der Waals surface area (Å²) in [5.41, 5.74) is 1.31. The molecule has 0 aliphatic carbocycles. The van der Waals surface area contributed by atoms with Crippen LogP contribution >= 0.6 is 43.2 Å². The van der Waals surface area contributed by atoms with Crippen LogP contribution in [0.5, 0.6) is 0 Å². The Balaban J connectivity index is 1.85. The first-order valence-corrected chi connectivity index (χ1v) is 7.75. The molecule has 2 aromatic rings. The summed E-state index contributed by atoms with van der Waals surface area (Å²) in [4.78, 5) is 2.71. The van der Waals surface area contributed by atoms with Gasteiger partial charge in [0.25, 0.3) is 0 Å². The Morgan fingerprint density at radius 2 is 1.82 bits per heavy atom. The predicted octanol–water partition coefficient (Wildman–Crippen LogP) is 4.87. The lowest BCUT2D eigenvalue weighted by Crippen LogP contribution is -2.11. The van der Waals surface area contributed by atoms with Gasteiger partial charge in [-0.1, -0.05) is 28.1 Å². The number of benzene rings is 1. The lowest BCUT2D eigenvalue weighted by Gasteiger charge is -2.03. The molecule has 0 spiro atoms. The maximum Gasteiger partial charge on any atom is 0.0314 e. The number of halogens is 2. The fourth-order valence-corrected chi connectivity index (χ4v) is 3.37. The molecule has 1 aromatic carbocycles. The molecule has 1 N–H and O–H groups in total.